The molecule has 2 aliphatic rings. The summed E-state index contributed by atoms with van der Waals surface area (Å²) in [5.74, 6) is 1.27. The van der Waals surface area contributed by atoms with Gasteiger partial charge in [-0.2, -0.15) is 0 Å². The molecule has 2 amide bonds. The van der Waals surface area contributed by atoms with Gasteiger partial charge in [0.15, 0.2) is 0 Å². The molecule has 2 aliphatic heterocycles. The molecule has 0 aliphatic carbocycles. The fourth-order valence-corrected chi connectivity index (χ4v) is 3.78. The molecule has 0 spiro atoms. The van der Waals surface area contributed by atoms with Crippen molar-refractivity contribution in [2.24, 2.45) is 9.98 Å². The highest BCUT2D eigenvalue weighted by atomic mass is 16.2. The van der Waals surface area contributed by atoms with Gasteiger partial charge in [-0.25, -0.2) is 0 Å². The molecule has 4 N–H and O–H groups in total. The largest absolute Gasteiger partial charge is 0.368 e. The molecule has 0 atom stereocenters. The van der Waals surface area contributed by atoms with E-state index in [1.165, 1.54) is 0 Å². The van der Waals surface area contributed by atoms with Crippen LogP contribution < -0.4 is 21.3 Å². The molecule has 0 bridgehead atoms. The van der Waals surface area contributed by atoms with Crippen molar-refractivity contribution in [3.8, 4) is 0 Å². The van der Waals surface area contributed by atoms with Gasteiger partial charge in [0.2, 0.25) is 0 Å². The van der Waals surface area contributed by atoms with Crippen LogP contribution in [0.15, 0.2) is 82.8 Å². The van der Waals surface area contributed by atoms with Crippen LogP contribution >= 0.6 is 0 Å². The smallest absolute Gasteiger partial charge is 0.255 e. The standard InChI is InChI=1S/C26H24N6O2/c33-25(31-21-9-5-17(6-10-21)23-27-13-14-28-23)19-1-2-20(4-3-19)26(34)32-22-11-7-18(8-12-22)24-29-15-16-30-24/h1-12H,13-16H2,(H,27,28)(H,29,30)(H,31,33)(H,32,34). The van der Waals surface area contributed by atoms with Crippen LogP contribution in [0, 0.1) is 0 Å². The number of nitrogens with zero attached hydrogens (tertiary/aromatic N) is 2. The van der Waals surface area contributed by atoms with Crippen molar-refractivity contribution in [2.75, 3.05) is 36.8 Å². The van der Waals surface area contributed by atoms with Crippen molar-refractivity contribution in [2.45, 2.75) is 0 Å². The summed E-state index contributed by atoms with van der Waals surface area (Å²) in [5.41, 5.74) is 4.30. The third-order valence-corrected chi connectivity index (χ3v) is 5.59. The number of nitrogens with one attached hydrogen (secondary N) is 4. The van der Waals surface area contributed by atoms with E-state index < -0.39 is 0 Å². The van der Waals surface area contributed by atoms with E-state index in [4.69, 9.17) is 0 Å². The maximum Gasteiger partial charge on any atom is 0.255 e. The molecule has 2 heterocycles. The van der Waals surface area contributed by atoms with Crippen LogP contribution in [0.5, 0.6) is 0 Å². The molecule has 5 rings (SSSR count). The molecule has 8 heteroatoms. The lowest BCUT2D eigenvalue weighted by Crippen LogP contribution is -2.19. The van der Waals surface area contributed by atoms with E-state index in [2.05, 4.69) is 31.3 Å². The lowest BCUT2D eigenvalue weighted by Gasteiger charge is -2.09. The summed E-state index contributed by atoms with van der Waals surface area (Å²) in [5, 5.41) is 12.2. The van der Waals surface area contributed by atoms with Crippen LogP contribution in [-0.2, 0) is 0 Å². The number of rotatable bonds is 6. The number of anilines is 2. The lowest BCUT2D eigenvalue weighted by molar-refractivity contribution is 0.101. The van der Waals surface area contributed by atoms with Gasteiger partial charge in [0, 0.05) is 46.7 Å². The molecule has 0 saturated heterocycles. The summed E-state index contributed by atoms with van der Waals surface area (Å²) < 4.78 is 0. The van der Waals surface area contributed by atoms with Crippen molar-refractivity contribution >= 4 is 34.9 Å². The highest BCUT2D eigenvalue weighted by molar-refractivity contribution is 6.08. The second kappa shape index (κ2) is 9.58. The minimum Gasteiger partial charge on any atom is -0.368 e. The summed E-state index contributed by atoms with van der Waals surface area (Å²) in [6.07, 6.45) is 0. The summed E-state index contributed by atoms with van der Waals surface area (Å²) in [6, 6.07) is 21.6. The van der Waals surface area contributed by atoms with Gasteiger partial charge in [-0.1, -0.05) is 0 Å². The zero-order valence-corrected chi connectivity index (χ0v) is 18.5. The van der Waals surface area contributed by atoms with Crippen molar-refractivity contribution in [1.82, 2.24) is 10.6 Å². The van der Waals surface area contributed by atoms with Gasteiger partial charge in [-0.05, 0) is 72.8 Å². The average Bonchev–Trinajstić information content (AvgIpc) is 3.60. The fourth-order valence-electron chi connectivity index (χ4n) is 3.78. The van der Waals surface area contributed by atoms with Crippen LogP contribution in [0.3, 0.4) is 0 Å². The summed E-state index contributed by atoms with van der Waals surface area (Å²) in [6.45, 7) is 3.26. The van der Waals surface area contributed by atoms with Gasteiger partial charge < -0.3 is 21.3 Å². The number of carbonyl (C=O) groups is 2. The molecule has 0 saturated carbocycles. The molecule has 0 aromatic heterocycles. The van der Waals surface area contributed by atoms with Gasteiger partial charge in [0.25, 0.3) is 11.8 Å². The number of carbonyl (C=O) groups excluding carboxylic acids is 2. The SMILES string of the molecule is O=C(Nc1ccc(C2=NCCN2)cc1)c1ccc(C(=O)Nc2ccc(C3=NCCN3)cc2)cc1. The zero-order valence-electron chi connectivity index (χ0n) is 18.5. The van der Waals surface area contributed by atoms with E-state index in [-0.39, 0.29) is 11.8 Å². The van der Waals surface area contributed by atoms with E-state index in [0.717, 1.165) is 49.0 Å². The number of benzene rings is 3. The molecule has 34 heavy (non-hydrogen) atoms. The highest BCUT2D eigenvalue weighted by Gasteiger charge is 2.12. The molecule has 0 radical (unpaired) electrons. The van der Waals surface area contributed by atoms with E-state index >= 15 is 0 Å². The van der Waals surface area contributed by atoms with Crippen LogP contribution in [0.1, 0.15) is 31.8 Å². The Morgan fingerprint density at radius 1 is 0.588 bits per heavy atom. The number of hydrogen-bond acceptors (Lipinski definition) is 6. The Balaban J connectivity index is 1.18. The van der Waals surface area contributed by atoms with Crippen LogP contribution in [-0.4, -0.2) is 49.7 Å². The molecule has 0 unspecified atom stereocenters. The van der Waals surface area contributed by atoms with Gasteiger partial charge in [-0.15, -0.1) is 0 Å². The normalized spacial score (nSPS) is 14.5. The molecule has 3 aromatic rings. The number of amides is 2. The third kappa shape index (κ3) is 4.80. The van der Waals surface area contributed by atoms with Gasteiger partial charge in [0.05, 0.1) is 13.1 Å². The quantitative estimate of drug-likeness (QED) is 0.461. The lowest BCUT2D eigenvalue weighted by atomic mass is 10.1. The first-order valence-corrected chi connectivity index (χ1v) is 11.2. The first kappa shape index (κ1) is 21.4. The average molecular weight is 453 g/mol. The molecule has 3 aromatic carbocycles. The maximum atomic E-state index is 12.6. The van der Waals surface area contributed by atoms with Crippen molar-refractivity contribution in [3.63, 3.8) is 0 Å². The Morgan fingerprint density at radius 2 is 0.971 bits per heavy atom. The van der Waals surface area contributed by atoms with Gasteiger partial charge in [-0.3, -0.25) is 19.6 Å². The first-order valence-electron chi connectivity index (χ1n) is 11.2. The van der Waals surface area contributed by atoms with E-state index in [1.54, 1.807) is 24.3 Å². The minimum absolute atomic E-state index is 0.241. The predicted octanol–water partition coefficient (Wildman–Crippen LogP) is 2.89. The first-order chi connectivity index (χ1) is 16.7. The van der Waals surface area contributed by atoms with E-state index in [1.807, 2.05) is 48.5 Å². The fraction of sp³-hybridized carbons (Fsp3) is 0.154. The van der Waals surface area contributed by atoms with Crippen LogP contribution in [0.2, 0.25) is 0 Å². The Morgan fingerprint density at radius 3 is 1.29 bits per heavy atom. The van der Waals surface area contributed by atoms with Crippen LogP contribution in [0.25, 0.3) is 0 Å². The highest BCUT2D eigenvalue weighted by Crippen LogP contribution is 2.15. The monoisotopic (exact) mass is 452 g/mol. The van der Waals surface area contributed by atoms with Crippen molar-refractivity contribution < 1.29 is 9.59 Å². The second-order valence-corrected chi connectivity index (χ2v) is 7.95. The molecule has 170 valence electrons. The topological polar surface area (TPSA) is 107 Å². The number of amidine groups is 2. The van der Waals surface area contributed by atoms with E-state index in [0.29, 0.717) is 22.5 Å². The predicted molar refractivity (Wildman–Crippen MR) is 134 cm³/mol. The van der Waals surface area contributed by atoms with E-state index in [9.17, 15) is 9.59 Å². The Labute approximate surface area is 197 Å². The Bertz CT molecular complexity index is 1160. The zero-order chi connectivity index (χ0) is 23.3. The summed E-state index contributed by atoms with van der Waals surface area (Å²) in [4.78, 5) is 34.0. The Hall–Kier alpha value is -4.46. The summed E-state index contributed by atoms with van der Waals surface area (Å²) >= 11 is 0. The second-order valence-electron chi connectivity index (χ2n) is 7.95. The number of aliphatic imine (C=N–C) groups is 2. The Kier molecular flexibility index (Phi) is 6.03. The molecular formula is C26H24N6O2. The van der Waals surface area contributed by atoms with Gasteiger partial charge in [0.1, 0.15) is 11.7 Å². The molecule has 0 fully saturated rings. The minimum atomic E-state index is -0.241. The molecular weight excluding hydrogens is 428 g/mol. The van der Waals surface area contributed by atoms with Crippen molar-refractivity contribution in [1.29, 1.82) is 0 Å². The van der Waals surface area contributed by atoms with Gasteiger partial charge >= 0.3 is 0 Å². The van der Waals surface area contributed by atoms with Crippen molar-refractivity contribution in [3.05, 3.63) is 95.1 Å². The number of hydrogen-bond donors (Lipinski definition) is 4. The molecule has 8 nitrogen and oxygen atoms in total. The third-order valence-electron chi connectivity index (χ3n) is 5.59. The summed E-state index contributed by atoms with van der Waals surface area (Å²) in [7, 11) is 0. The van der Waals surface area contributed by atoms with Crippen LogP contribution in [0.4, 0.5) is 11.4 Å². The maximum absolute atomic E-state index is 12.6.